The summed E-state index contributed by atoms with van der Waals surface area (Å²) in [6, 6.07) is 3.99. The lowest BCUT2D eigenvalue weighted by molar-refractivity contribution is -0.144. The van der Waals surface area contributed by atoms with Crippen molar-refractivity contribution in [2.24, 2.45) is 5.73 Å². The van der Waals surface area contributed by atoms with Crippen LogP contribution in [0.25, 0.3) is 0 Å². The lowest BCUT2D eigenvalue weighted by atomic mass is 10.0. The highest BCUT2D eigenvalue weighted by molar-refractivity contribution is 5.97. The van der Waals surface area contributed by atoms with Crippen LogP contribution in [-0.2, 0) is 40.0 Å². The summed E-state index contributed by atoms with van der Waals surface area (Å²) in [7, 11) is 0. The molecule has 0 bridgehead atoms. The lowest BCUT2D eigenvalue weighted by Gasteiger charge is -2.32. The van der Waals surface area contributed by atoms with Gasteiger partial charge in [-0.3, -0.25) is 33.6 Å². The molecular formula is C32H45N7O7. The Hall–Kier alpha value is -4.49. The van der Waals surface area contributed by atoms with Gasteiger partial charge in [0.25, 0.3) is 0 Å². The Kier molecular flexibility index (Phi) is 11.4. The van der Waals surface area contributed by atoms with E-state index in [9.17, 15) is 33.6 Å². The number of rotatable bonds is 11. The minimum absolute atomic E-state index is 0.162. The van der Waals surface area contributed by atoms with Crippen LogP contribution in [-0.4, -0.2) is 112 Å². The van der Waals surface area contributed by atoms with Gasteiger partial charge in [-0.05, 0) is 57.9 Å². The average Bonchev–Trinajstić information content (AvgIpc) is 3.81. The van der Waals surface area contributed by atoms with Crippen LogP contribution in [0, 0.1) is 0 Å². The molecule has 14 heteroatoms. The van der Waals surface area contributed by atoms with Crippen molar-refractivity contribution >= 4 is 41.4 Å². The van der Waals surface area contributed by atoms with Gasteiger partial charge in [-0.1, -0.05) is 30.3 Å². The number of hydrogen-bond donors (Lipinski definition) is 4. The molecule has 7 amide bonds. The van der Waals surface area contributed by atoms with Crippen molar-refractivity contribution in [3.05, 3.63) is 35.9 Å². The van der Waals surface area contributed by atoms with Crippen molar-refractivity contribution in [1.82, 2.24) is 30.7 Å². The SMILES string of the molecule is CC(=O)N1CCC[C@H]1C(=O)N[C@@H](C)C(=O)N1CCC[C@H]1C(=O)N[C@@H](Cc1ccccc1)C(=O)N1CCC[C@H]1C(=O)N[C@@H](C)C(N)=O. The molecule has 0 radical (unpaired) electrons. The number of hydrogen-bond acceptors (Lipinski definition) is 7. The third kappa shape index (κ3) is 8.01. The first-order chi connectivity index (χ1) is 21.9. The van der Waals surface area contributed by atoms with Crippen molar-refractivity contribution in [2.45, 2.75) is 102 Å². The van der Waals surface area contributed by atoms with Crippen molar-refractivity contribution in [1.29, 1.82) is 0 Å². The number of amides is 7. The first-order valence-corrected chi connectivity index (χ1v) is 16.0. The van der Waals surface area contributed by atoms with Crippen LogP contribution in [0.2, 0.25) is 0 Å². The highest BCUT2D eigenvalue weighted by Gasteiger charge is 2.42. The maximum absolute atomic E-state index is 14.0. The van der Waals surface area contributed by atoms with Gasteiger partial charge in [-0.15, -0.1) is 0 Å². The Labute approximate surface area is 268 Å². The summed E-state index contributed by atoms with van der Waals surface area (Å²) in [4.78, 5) is 94.9. The third-order valence-corrected chi connectivity index (χ3v) is 9.05. The Morgan fingerprint density at radius 2 is 1.15 bits per heavy atom. The van der Waals surface area contributed by atoms with Crippen molar-refractivity contribution in [2.75, 3.05) is 19.6 Å². The molecule has 3 fully saturated rings. The fourth-order valence-electron chi connectivity index (χ4n) is 6.54. The zero-order valence-corrected chi connectivity index (χ0v) is 26.7. The normalized spacial score (nSPS) is 22.9. The molecule has 3 heterocycles. The minimum Gasteiger partial charge on any atom is -0.368 e. The second-order valence-electron chi connectivity index (χ2n) is 12.4. The summed E-state index contributed by atoms with van der Waals surface area (Å²) >= 11 is 0. The lowest BCUT2D eigenvalue weighted by Crippen LogP contribution is -2.59. The molecule has 250 valence electrons. The van der Waals surface area contributed by atoms with E-state index in [4.69, 9.17) is 5.73 Å². The molecule has 3 saturated heterocycles. The van der Waals surface area contributed by atoms with Crippen molar-refractivity contribution < 1.29 is 33.6 Å². The van der Waals surface area contributed by atoms with Gasteiger partial charge in [-0.25, -0.2) is 0 Å². The van der Waals surface area contributed by atoms with E-state index >= 15 is 0 Å². The molecule has 46 heavy (non-hydrogen) atoms. The number of likely N-dealkylation sites (tertiary alicyclic amines) is 3. The number of nitrogens with zero attached hydrogens (tertiary/aromatic N) is 3. The summed E-state index contributed by atoms with van der Waals surface area (Å²) in [5.74, 6) is -3.16. The molecule has 0 aromatic heterocycles. The van der Waals surface area contributed by atoms with Gasteiger partial charge in [0, 0.05) is 33.0 Å². The fraction of sp³-hybridized carbons (Fsp3) is 0.594. The van der Waals surface area contributed by atoms with Crippen molar-refractivity contribution in [3.63, 3.8) is 0 Å². The maximum atomic E-state index is 14.0. The van der Waals surface area contributed by atoms with Crippen LogP contribution in [0.1, 0.15) is 64.9 Å². The van der Waals surface area contributed by atoms with E-state index in [0.717, 1.165) is 5.56 Å². The topological polar surface area (TPSA) is 191 Å². The van der Waals surface area contributed by atoms with Crippen LogP contribution >= 0.6 is 0 Å². The van der Waals surface area contributed by atoms with E-state index in [1.54, 1.807) is 6.92 Å². The van der Waals surface area contributed by atoms with E-state index < -0.39 is 71.7 Å². The van der Waals surface area contributed by atoms with Gasteiger partial charge in [0.15, 0.2) is 0 Å². The predicted octanol–water partition coefficient (Wildman–Crippen LogP) is -0.798. The summed E-state index contributed by atoms with van der Waals surface area (Å²) in [5.41, 5.74) is 6.10. The van der Waals surface area contributed by atoms with E-state index in [0.29, 0.717) is 58.2 Å². The maximum Gasteiger partial charge on any atom is 0.246 e. The van der Waals surface area contributed by atoms with Crippen LogP contribution in [0.3, 0.4) is 0 Å². The van der Waals surface area contributed by atoms with Crippen LogP contribution in [0.5, 0.6) is 0 Å². The number of carbonyl (C=O) groups excluding carboxylic acids is 7. The highest BCUT2D eigenvalue weighted by Crippen LogP contribution is 2.23. The highest BCUT2D eigenvalue weighted by atomic mass is 16.2. The number of primary amides is 1. The molecule has 0 saturated carbocycles. The average molecular weight is 640 g/mol. The quantitative estimate of drug-likeness (QED) is 0.244. The molecule has 5 N–H and O–H groups in total. The second-order valence-corrected chi connectivity index (χ2v) is 12.4. The van der Waals surface area contributed by atoms with Gasteiger partial charge >= 0.3 is 0 Å². The van der Waals surface area contributed by atoms with Gasteiger partial charge in [0.05, 0.1) is 0 Å². The second kappa shape index (κ2) is 15.2. The molecule has 6 atom stereocenters. The first kappa shape index (κ1) is 34.4. The van der Waals surface area contributed by atoms with E-state index in [2.05, 4.69) is 16.0 Å². The number of nitrogens with one attached hydrogen (secondary N) is 3. The monoisotopic (exact) mass is 639 g/mol. The number of benzene rings is 1. The molecular weight excluding hydrogens is 594 g/mol. The first-order valence-electron chi connectivity index (χ1n) is 16.0. The molecule has 0 spiro atoms. The van der Waals surface area contributed by atoms with Crippen molar-refractivity contribution in [3.8, 4) is 0 Å². The molecule has 4 rings (SSSR count). The smallest absolute Gasteiger partial charge is 0.246 e. The molecule has 1 aromatic carbocycles. The van der Waals surface area contributed by atoms with Crippen LogP contribution in [0.4, 0.5) is 0 Å². The largest absolute Gasteiger partial charge is 0.368 e. The van der Waals surface area contributed by atoms with E-state index in [1.807, 2.05) is 30.3 Å². The van der Waals surface area contributed by atoms with Crippen LogP contribution < -0.4 is 21.7 Å². The Morgan fingerprint density at radius 3 is 1.67 bits per heavy atom. The predicted molar refractivity (Wildman–Crippen MR) is 166 cm³/mol. The standard InChI is InChI=1S/C32H45N7O7/c1-19(27(33)41)34-29(43)25-13-9-17-39(25)32(46)23(18-22-10-5-4-6-11-22)36-30(44)26-14-8-16-38(26)31(45)20(2)35-28(42)24-12-7-15-37(24)21(3)40/h4-6,10-11,19-20,23-26H,7-9,12-18H2,1-3H3,(H2,33,41)(H,34,43)(H,35,42)(H,36,44)/t19-,20-,23-,24-,25-,26-/m0/s1. The zero-order chi connectivity index (χ0) is 33.5. The minimum atomic E-state index is -1.02. The van der Waals surface area contributed by atoms with E-state index in [-0.39, 0.29) is 12.3 Å². The molecule has 3 aliphatic rings. The Bertz CT molecular complexity index is 1340. The summed E-state index contributed by atoms with van der Waals surface area (Å²) < 4.78 is 0. The van der Waals surface area contributed by atoms with Gasteiger partial charge < -0.3 is 36.4 Å². The van der Waals surface area contributed by atoms with Crippen LogP contribution in [0.15, 0.2) is 30.3 Å². The Balaban J connectivity index is 1.46. The summed E-state index contributed by atoms with van der Waals surface area (Å²) in [6.07, 6.45) is 3.29. The van der Waals surface area contributed by atoms with Gasteiger partial charge in [-0.2, -0.15) is 0 Å². The van der Waals surface area contributed by atoms with Gasteiger partial charge in [0.1, 0.15) is 36.3 Å². The van der Waals surface area contributed by atoms with Gasteiger partial charge in [0.2, 0.25) is 41.4 Å². The molecule has 0 aliphatic carbocycles. The summed E-state index contributed by atoms with van der Waals surface area (Å²) in [5, 5.41) is 8.15. The third-order valence-electron chi connectivity index (χ3n) is 9.05. The Morgan fingerprint density at radius 1 is 0.696 bits per heavy atom. The molecule has 14 nitrogen and oxygen atoms in total. The molecule has 0 unspecified atom stereocenters. The summed E-state index contributed by atoms with van der Waals surface area (Å²) in [6.45, 7) is 5.53. The fourth-order valence-corrected chi connectivity index (χ4v) is 6.54. The molecule has 1 aromatic rings. The number of carbonyl (C=O) groups is 7. The number of nitrogens with two attached hydrogens (primary N) is 1. The van der Waals surface area contributed by atoms with E-state index in [1.165, 1.54) is 28.5 Å². The molecule has 3 aliphatic heterocycles. The zero-order valence-electron chi connectivity index (χ0n) is 26.7.